The van der Waals surface area contributed by atoms with Gasteiger partial charge in [-0.15, -0.1) is 4.39 Å². The first kappa shape index (κ1) is 44.3. The monoisotopic (exact) mass is 639 g/mol. The lowest BCUT2D eigenvalue weighted by Crippen LogP contribution is -2.42. The van der Waals surface area contributed by atoms with Crippen molar-refractivity contribution >= 4 is 16.3 Å². The molecule has 240 valence electrons. The summed E-state index contributed by atoms with van der Waals surface area (Å²) in [5.41, 5.74) is 0. The molecule has 0 aliphatic heterocycles. The van der Waals surface area contributed by atoms with E-state index in [2.05, 4.69) is 4.74 Å². The third-order valence-electron chi connectivity index (χ3n) is 3.36. The summed E-state index contributed by atoms with van der Waals surface area (Å²) < 4.78 is 186. The van der Waals surface area contributed by atoms with Crippen LogP contribution in [0.5, 0.6) is 0 Å². The highest BCUT2D eigenvalue weighted by atomic mass is 32.2. The Balaban J connectivity index is -0.000000233. The van der Waals surface area contributed by atoms with Gasteiger partial charge in [0.1, 0.15) is 0 Å². The molecule has 0 heterocycles. The number of nitrogens with zero attached hydrogens (tertiary/aromatic N) is 2. The van der Waals surface area contributed by atoms with Crippen LogP contribution in [-0.2, 0) is 14.9 Å². The van der Waals surface area contributed by atoms with Crippen molar-refractivity contribution in [2.75, 3.05) is 53.0 Å². The molecule has 39 heavy (non-hydrogen) atoms. The number of carbonyl (C=O) groups is 1. The molecular formula is C16H27F14N3O5S. The van der Waals surface area contributed by atoms with E-state index in [9.17, 15) is 79.2 Å². The number of nitrogens with one attached hydrogen (secondary N) is 1. The Morgan fingerprint density at radius 3 is 1.51 bits per heavy atom. The maximum absolute atomic E-state index is 11.8. The summed E-state index contributed by atoms with van der Waals surface area (Å²) in [6.07, 6.45) is -5.28. The highest BCUT2D eigenvalue weighted by Crippen LogP contribution is 2.13. The fourth-order valence-corrected chi connectivity index (χ4v) is 2.22. The number of alkyl halides is 13. The van der Waals surface area contributed by atoms with E-state index in [-0.39, 0.29) is 12.3 Å². The minimum absolute atomic E-state index is 0.247. The van der Waals surface area contributed by atoms with Gasteiger partial charge >= 0.3 is 38.7 Å². The zero-order chi connectivity index (χ0) is 32.0. The van der Waals surface area contributed by atoms with Crippen LogP contribution in [0.3, 0.4) is 0 Å². The first-order chi connectivity index (χ1) is 17.4. The number of quaternary nitrogens is 1. The summed E-state index contributed by atoms with van der Waals surface area (Å²) in [4.78, 5) is 9.09. The van der Waals surface area contributed by atoms with Crippen LogP contribution in [0.25, 0.3) is 0 Å². The van der Waals surface area contributed by atoms with Gasteiger partial charge in [-0.2, -0.15) is 53.2 Å². The second kappa shape index (κ2) is 23.0. The predicted molar refractivity (Wildman–Crippen MR) is 105 cm³/mol. The molecule has 0 spiro atoms. The molecule has 0 aromatic carbocycles. The molecule has 0 aromatic heterocycles. The first-order valence-corrected chi connectivity index (χ1v) is 11.4. The molecule has 0 saturated heterocycles. The number of halogens is 14. The van der Waals surface area contributed by atoms with Crippen LogP contribution in [-0.4, -0.2) is 114 Å². The fourth-order valence-electron chi connectivity index (χ4n) is 1.74. The average Bonchev–Trinajstić information content (AvgIpc) is 2.70. The Kier molecular flexibility index (Phi) is 26.2. The number of ether oxygens (including phenoxy) is 1. The first-order valence-electron chi connectivity index (χ1n) is 9.82. The van der Waals surface area contributed by atoms with Crippen LogP contribution in [0, 0.1) is 0 Å². The molecule has 0 unspecified atom stereocenters. The van der Waals surface area contributed by atoms with E-state index < -0.39 is 67.2 Å². The quantitative estimate of drug-likeness (QED) is 0.0785. The molecule has 8 nitrogen and oxygen atoms in total. The van der Waals surface area contributed by atoms with Gasteiger partial charge in [-0.3, -0.25) is 4.74 Å². The normalized spacial score (nSPS) is 12.1. The lowest BCUT2D eigenvalue weighted by molar-refractivity contribution is -0.890. The molecule has 1 N–H and O–H groups in total. The van der Waals surface area contributed by atoms with Crippen molar-refractivity contribution in [3.8, 4) is 0 Å². The highest BCUT2D eigenvalue weighted by molar-refractivity contribution is 7.85. The standard InChI is InChI=1S/C9H19FN2O4S.C3H4F5N.C2H2F4O.C2H2F4/c1-12(2,6-3-5-11-9(10)13)7-4-8-17(14,15)16;4-1-9(2(5)6)3(7)8;3-1(4)7-2(5)6;3-1-2(4,5)6/h3-8H2,1-2H3,(H-,11,13,14,15,16);2-3H,1H2;1-2H;1H2. The van der Waals surface area contributed by atoms with Crippen LogP contribution in [0.4, 0.5) is 66.3 Å². The summed E-state index contributed by atoms with van der Waals surface area (Å²) in [5.74, 6) is -0.365. The van der Waals surface area contributed by atoms with Gasteiger partial charge in [0, 0.05) is 25.1 Å². The SMILES string of the molecule is C[N+](C)(CCCNC(=O)F)CCCS(=O)(=O)[O-].FC(F)OC(F)F.FCC(F)(F)F.FCN(C(F)F)C(F)F. The molecule has 0 rings (SSSR count). The molecule has 0 aliphatic carbocycles. The molecule has 0 atom stereocenters. The van der Waals surface area contributed by atoms with Crippen molar-refractivity contribution in [1.29, 1.82) is 0 Å². The van der Waals surface area contributed by atoms with Crippen LogP contribution in [0.15, 0.2) is 0 Å². The number of hydrogen-bond donors (Lipinski definition) is 1. The molecule has 0 radical (unpaired) electrons. The van der Waals surface area contributed by atoms with Gasteiger partial charge in [0.15, 0.2) is 13.5 Å². The molecule has 1 amide bonds. The van der Waals surface area contributed by atoms with Gasteiger partial charge in [-0.1, -0.05) is 0 Å². The Morgan fingerprint density at radius 1 is 0.923 bits per heavy atom. The van der Waals surface area contributed by atoms with E-state index in [1.807, 2.05) is 19.4 Å². The molecule has 0 fully saturated rings. The van der Waals surface area contributed by atoms with Gasteiger partial charge in [0.2, 0.25) is 0 Å². The van der Waals surface area contributed by atoms with Crippen LogP contribution < -0.4 is 5.32 Å². The number of hydrogen-bond acceptors (Lipinski definition) is 6. The van der Waals surface area contributed by atoms with Crippen LogP contribution >= 0.6 is 0 Å². The van der Waals surface area contributed by atoms with Crippen LogP contribution in [0.1, 0.15) is 12.8 Å². The second-order valence-electron chi connectivity index (χ2n) is 7.15. The Morgan fingerprint density at radius 2 is 1.31 bits per heavy atom. The molecule has 23 heteroatoms. The topological polar surface area (TPSA) is 98.8 Å². The zero-order valence-corrected chi connectivity index (χ0v) is 20.9. The van der Waals surface area contributed by atoms with Crippen molar-refractivity contribution in [2.45, 2.75) is 45.3 Å². The summed E-state index contributed by atoms with van der Waals surface area (Å²) in [7, 11) is -0.382. The smallest absolute Gasteiger partial charge is 0.416 e. The van der Waals surface area contributed by atoms with Crippen molar-refractivity contribution < 1.29 is 88.5 Å². The molecule has 0 aromatic rings. The summed E-state index contributed by atoms with van der Waals surface area (Å²) in [6.45, 7) is -16.2. The van der Waals surface area contributed by atoms with Gasteiger partial charge in [0.05, 0.1) is 37.3 Å². The van der Waals surface area contributed by atoms with E-state index >= 15 is 0 Å². The third kappa shape index (κ3) is 43.6. The van der Waals surface area contributed by atoms with Crippen molar-refractivity contribution in [1.82, 2.24) is 10.2 Å². The largest absolute Gasteiger partial charge is 0.748 e. The van der Waals surface area contributed by atoms with E-state index in [0.29, 0.717) is 30.4 Å². The fraction of sp³-hybridized carbons (Fsp3) is 0.938. The Hall–Kier alpha value is -1.72. The van der Waals surface area contributed by atoms with Gasteiger partial charge in [-0.05, 0) is 0 Å². The van der Waals surface area contributed by atoms with Crippen molar-refractivity contribution in [3.63, 3.8) is 0 Å². The summed E-state index contributed by atoms with van der Waals surface area (Å²) in [6, 6.07) is 0. The number of carbonyl (C=O) groups excluding carboxylic acids is 1. The zero-order valence-electron chi connectivity index (χ0n) is 20.1. The average molecular weight is 639 g/mol. The lowest BCUT2D eigenvalue weighted by Gasteiger charge is -2.30. The van der Waals surface area contributed by atoms with E-state index in [0.717, 1.165) is 0 Å². The van der Waals surface area contributed by atoms with Gasteiger partial charge in [-0.25, -0.2) is 22.0 Å². The summed E-state index contributed by atoms with van der Waals surface area (Å²) in [5, 5.41) is 2.04. The minimum Gasteiger partial charge on any atom is -0.748 e. The lowest BCUT2D eigenvalue weighted by atomic mass is 10.3. The second-order valence-corrected chi connectivity index (χ2v) is 8.67. The summed E-state index contributed by atoms with van der Waals surface area (Å²) >= 11 is 0. The van der Waals surface area contributed by atoms with E-state index in [1.54, 1.807) is 0 Å². The van der Waals surface area contributed by atoms with E-state index in [4.69, 9.17) is 0 Å². The molecular weight excluding hydrogens is 612 g/mol. The van der Waals surface area contributed by atoms with Gasteiger partial charge < -0.3 is 14.4 Å². The maximum atomic E-state index is 11.8. The van der Waals surface area contributed by atoms with Crippen molar-refractivity contribution in [2.24, 2.45) is 0 Å². The molecule has 0 bridgehead atoms. The minimum atomic E-state index is -4.62. The maximum Gasteiger partial charge on any atom is 0.416 e. The molecule has 0 saturated carbocycles. The van der Waals surface area contributed by atoms with E-state index in [1.165, 1.54) is 0 Å². The van der Waals surface area contributed by atoms with Gasteiger partial charge in [0.25, 0.3) is 0 Å². The predicted octanol–water partition coefficient (Wildman–Crippen LogP) is 4.69. The molecule has 0 aliphatic rings. The third-order valence-corrected chi connectivity index (χ3v) is 4.15. The van der Waals surface area contributed by atoms with Crippen molar-refractivity contribution in [3.05, 3.63) is 0 Å². The highest BCUT2D eigenvalue weighted by Gasteiger charge is 2.26. The Labute approximate surface area is 214 Å². The Bertz CT molecular complexity index is 686. The van der Waals surface area contributed by atoms with Crippen LogP contribution in [0.2, 0.25) is 0 Å². The number of rotatable bonds is 13. The number of amides is 1.